The Morgan fingerprint density at radius 3 is 2.94 bits per heavy atom. The standard InChI is InChI=1S/C11H11BrFN3/c1-2-3-10-14-11(16-15-10)7-4-5-9(13)8(12)6-7/h4-6H,2-3H2,1H3,(H,14,15,16). The number of benzene rings is 1. The average molecular weight is 284 g/mol. The molecule has 0 aliphatic rings. The first-order valence-electron chi connectivity index (χ1n) is 5.07. The summed E-state index contributed by atoms with van der Waals surface area (Å²) in [6, 6.07) is 4.74. The Hall–Kier alpha value is -1.23. The molecule has 0 bridgehead atoms. The van der Waals surface area contributed by atoms with Crippen molar-refractivity contribution in [3.8, 4) is 11.4 Å². The summed E-state index contributed by atoms with van der Waals surface area (Å²) in [4.78, 5) is 4.33. The van der Waals surface area contributed by atoms with Gasteiger partial charge in [0, 0.05) is 12.0 Å². The lowest BCUT2D eigenvalue weighted by Crippen LogP contribution is -1.86. The Labute approximate surface area is 101 Å². The van der Waals surface area contributed by atoms with Crippen LogP contribution in [0.3, 0.4) is 0 Å². The van der Waals surface area contributed by atoms with E-state index in [0.29, 0.717) is 10.3 Å². The number of nitrogens with zero attached hydrogens (tertiary/aromatic N) is 2. The average Bonchev–Trinajstić information content (AvgIpc) is 2.71. The van der Waals surface area contributed by atoms with Crippen molar-refractivity contribution in [2.45, 2.75) is 19.8 Å². The number of hydrogen-bond donors (Lipinski definition) is 1. The van der Waals surface area contributed by atoms with Crippen molar-refractivity contribution in [1.82, 2.24) is 15.2 Å². The van der Waals surface area contributed by atoms with Crippen LogP contribution < -0.4 is 0 Å². The lowest BCUT2D eigenvalue weighted by molar-refractivity contribution is 0.621. The highest BCUT2D eigenvalue weighted by molar-refractivity contribution is 9.10. The SMILES string of the molecule is CCCc1nc(-c2ccc(F)c(Br)c2)n[nH]1. The van der Waals surface area contributed by atoms with Crippen LogP contribution in [0.25, 0.3) is 11.4 Å². The number of nitrogens with one attached hydrogen (secondary N) is 1. The van der Waals surface area contributed by atoms with Crippen molar-refractivity contribution in [1.29, 1.82) is 0 Å². The van der Waals surface area contributed by atoms with E-state index in [9.17, 15) is 4.39 Å². The molecule has 2 rings (SSSR count). The molecular weight excluding hydrogens is 273 g/mol. The number of H-pyrrole nitrogens is 1. The highest BCUT2D eigenvalue weighted by atomic mass is 79.9. The van der Waals surface area contributed by atoms with Crippen molar-refractivity contribution < 1.29 is 4.39 Å². The topological polar surface area (TPSA) is 41.6 Å². The van der Waals surface area contributed by atoms with E-state index in [0.717, 1.165) is 24.2 Å². The number of aryl methyl sites for hydroxylation is 1. The first kappa shape index (κ1) is 11.3. The third kappa shape index (κ3) is 2.29. The van der Waals surface area contributed by atoms with Gasteiger partial charge in [0.2, 0.25) is 0 Å². The van der Waals surface area contributed by atoms with E-state index in [4.69, 9.17) is 0 Å². The van der Waals surface area contributed by atoms with Gasteiger partial charge in [0.1, 0.15) is 11.6 Å². The number of hydrogen-bond acceptors (Lipinski definition) is 2. The molecule has 0 amide bonds. The van der Waals surface area contributed by atoms with Gasteiger partial charge in [-0.15, -0.1) is 0 Å². The summed E-state index contributed by atoms with van der Waals surface area (Å²) in [6.45, 7) is 2.08. The maximum Gasteiger partial charge on any atom is 0.181 e. The second-order valence-corrected chi connectivity index (χ2v) is 4.34. The Morgan fingerprint density at radius 2 is 2.25 bits per heavy atom. The second kappa shape index (κ2) is 4.74. The molecule has 84 valence electrons. The zero-order valence-corrected chi connectivity index (χ0v) is 10.4. The molecule has 0 unspecified atom stereocenters. The van der Waals surface area contributed by atoms with E-state index < -0.39 is 0 Å². The Balaban J connectivity index is 2.31. The summed E-state index contributed by atoms with van der Waals surface area (Å²) in [5.41, 5.74) is 0.798. The minimum Gasteiger partial charge on any atom is -0.263 e. The molecule has 1 aromatic heterocycles. The van der Waals surface area contributed by atoms with Gasteiger partial charge in [-0.2, -0.15) is 5.10 Å². The van der Waals surface area contributed by atoms with Gasteiger partial charge in [-0.1, -0.05) is 6.92 Å². The van der Waals surface area contributed by atoms with E-state index in [1.807, 2.05) is 0 Å². The minimum atomic E-state index is -0.284. The third-order valence-electron chi connectivity index (χ3n) is 2.20. The highest BCUT2D eigenvalue weighted by Gasteiger charge is 2.07. The normalized spacial score (nSPS) is 10.7. The van der Waals surface area contributed by atoms with E-state index in [1.165, 1.54) is 6.07 Å². The molecule has 0 saturated heterocycles. The minimum absolute atomic E-state index is 0.284. The number of rotatable bonds is 3. The molecule has 1 heterocycles. The van der Waals surface area contributed by atoms with Crippen LogP contribution in [0.5, 0.6) is 0 Å². The summed E-state index contributed by atoms with van der Waals surface area (Å²) < 4.78 is 13.5. The Kier molecular flexibility index (Phi) is 3.33. The molecule has 3 nitrogen and oxygen atoms in total. The zero-order chi connectivity index (χ0) is 11.5. The molecule has 2 aromatic rings. The quantitative estimate of drug-likeness (QED) is 0.939. The van der Waals surface area contributed by atoms with Crippen LogP contribution >= 0.6 is 15.9 Å². The lowest BCUT2D eigenvalue weighted by atomic mass is 10.2. The molecule has 5 heteroatoms. The van der Waals surface area contributed by atoms with Crippen LogP contribution in [-0.2, 0) is 6.42 Å². The number of aromatic amines is 1. The molecule has 1 aromatic carbocycles. The van der Waals surface area contributed by atoms with Crippen molar-refractivity contribution in [2.75, 3.05) is 0 Å². The fourth-order valence-electron chi connectivity index (χ4n) is 1.41. The highest BCUT2D eigenvalue weighted by Crippen LogP contribution is 2.22. The van der Waals surface area contributed by atoms with Crippen LogP contribution in [0.1, 0.15) is 19.2 Å². The Morgan fingerprint density at radius 1 is 1.44 bits per heavy atom. The van der Waals surface area contributed by atoms with Crippen molar-refractivity contribution >= 4 is 15.9 Å². The maximum absolute atomic E-state index is 13.0. The molecule has 16 heavy (non-hydrogen) atoms. The molecular formula is C11H11BrFN3. The van der Waals surface area contributed by atoms with Crippen LogP contribution in [0.4, 0.5) is 4.39 Å². The summed E-state index contributed by atoms with van der Waals surface area (Å²) in [7, 11) is 0. The fraction of sp³-hybridized carbons (Fsp3) is 0.273. The van der Waals surface area contributed by atoms with Gasteiger partial charge in [-0.3, -0.25) is 5.10 Å². The van der Waals surface area contributed by atoms with Gasteiger partial charge in [0.15, 0.2) is 5.82 Å². The van der Waals surface area contributed by atoms with Gasteiger partial charge in [0.05, 0.1) is 4.47 Å². The summed E-state index contributed by atoms with van der Waals surface area (Å²) >= 11 is 3.14. The monoisotopic (exact) mass is 283 g/mol. The van der Waals surface area contributed by atoms with Crippen molar-refractivity contribution in [3.05, 3.63) is 34.3 Å². The van der Waals surface area contributed by atoms with E-state index >= 15 is 0 Å². The van der Waals surface area contributed by atoms with E-state index in [2.05, 4.69) is 38.0 Å². The maximum atomic E-state index is 13.0. The largest absolute Gasteiger partial charge is 0.263 e. The lowest BCUT2D eigenvalue weighted by Gasteiger charge is -1.97. The van der Waals surface area contributed by atoms with Gasteiger partial charge < -0.3 is 0 Å². The Bertz CT molecular complexity index is 496. The molecule has 1 N–H and O–H groups in total. The second-order valence-electron chi connectivity index (χ2n) is 3.48. The molecule has 0 aliphatic carbocycles. The smallest absolute Gasteiger partial charge is 0.181 e. The first-order chi connectivity index (χ1) is 7.70. The van der Waals surface area contributed by atoms with Gasteiger partial charge in [-0.05, 0) is 40.5 Å². The van der Waals surface area contributed by atoms with Crippen LogP contribution in [0.2, 0.25) is 0 Å². The zero-order valence-electron chi connectivity index (χ0n) is 8.80. The molecule has 0 fully saturated rings. The molecule has 0 radical (unpaired) electrons. The number of aromatic nitrogens is 3. The van der Waals surface area contributed by atoms with E-state index in [1.54, 1.807) is 12.1 Å². The predicted octanol–water partition coefficient (Wildman–Crippen LogP) is 3.33. The van der Waals surface area contributed by atoms with Crippen LogP contribution in [0.15, 0.2) is 22.7 Å². The summed E-state index contributed by atoms with van der Waals surface area (Å²) in [5, 5.41) is 6.97. The fourth-order valence-corrected chi connectivity index (χ4v) is 1.79. The predicted molar refractivity (Wildman–Crippen MR) is 63.5 cm³/mol. The first-order valence-corrected chi connectivity index (χ1v) is 5.86. The molecule has 0 saturated carbocycles. The van der Waals surface area contributed by atoms with Gasteiger partial charge in [0.25, 0.3) is 0 Å². The van der Waals surface area contributed by atoms with Gasteiger partial charge >= 0.3 is 0 Å². The van der Waals surface area contributed by atoms with Crippen molar-refractivity contribution in [2.24, 2.45) is 0 Å². The number of halogens is 2. The molecule has 0 spiro atoms. The molecule has 0 aliphatic heterocycles. The van der Waals surface area contributed by atoms with Crippen molar-refractivity contribution in [3.63, 3.8) is 0 Å². The van der Waals surface area contributed by atoms with Gasteiger partial charge in [-0.25, -0.2) is 9.37 Å². The molecule has 0 atom stereocenters. The summed E-state index contributed by atoms with van der Waals surface area (Å²) in [5.74, 6) is 1.18. The van der Waals surface area contributed by atoms with Crippen LogP contribution in [-0.4, -0.2) is 15.2 Å². The summed E-state index contributed by atoms with van der Waals surface area (Å²) in [6.07, 6.45) is 1.89. The third-order valence-corrected chi connectivity index (χ3v) is 2.80. The van der Waals surface area contributed by atoms with Crippen LogP contribution in [0, 0.1) is 5.82 Å². The van der Waals surface area contributed by atoms with E-state index in [-0.39, 0.29) is 5.82 Å².